The minimum atomic E-state index is -0.241. The first-order chi connectivity index (χ1) is 13.6. The van der Waals surface area contributed by atoms with Gasteiger partial charge < -0.3 is 15.5 Å². The maximum absolute atomic E-state index is 12.9. The van der Waals surface area contributed by atoms with Crippen LogP contribution in [0.1, 0.15) is 24.0 Å². The van der Waals surface area contributed by atoms with E-state index in [1.165, 1.54) is 22.3 Å². The van der Waals surface area contributed by atoms with Gasteiger partial charge in [0.2, 0.25) is 11.8 Å². The minimum absolute atomic E-state index is 0. The number of nitrogens with two attached hydrogens (primary N) is 1. The Morgan fingerprint density at radius 2 is 1.86 bits per heavy atom. The summed E-state index contributed by atoms with van der Waals surface area (Å²) in [4.78, 5) is 29.2. The smallest absolute Gasteiger partial charge is 0.228 e. The summed E-state index contributed by atoms with van der Waals surface area (Å²) >= 11 is 0. The summed E-state index contributed by atoms with van der Waals surface area (Å²) in [7, 11) is 0. The Hall–Kier alpha value is -2.37. The molecule has 2 fully saturated rings. The Bertz CT molecular complexity index is 961. The average Bonchev–Trinajstić information content (AvgIpc) is 3.43. The molecule has 2 atom stereocenters. The summed E-state index contributed by atoms with van der Waals surface area (Å²) in [5.41, 5.74) is 11.8. The molecule has 29 heavy (non-hydrogen) atoms. The number of anilines is 1. The highest BCUT2D eigenvalue weighted by atomic mass is 35.5. The third-order valence-electron chi connectivity index (χ3n) is 6.49. The summed E-state index contributed by atoms with van der Waals surface area (Å²) in [6, 6.07) is 14.7. The topological polar surface area (TPSA) is 66.6 Å². The average molecular weight is 412 g/mol. The van der Waals surface area contributed by atoms with Gasteiger partial charge in [-0.05, 0) is 59.7 Å². The number of hydrogen-bond acceptors (Lipinski definition) is 3. The third kappa shape index (κ3) is 3.43. The molecule has 6 heteroatoms. The van der Waals surface area contributed by atoms with Gasteiger partial charge in [0.15, 0.2) is 0 Å². The number of hydrogen-bond donors (Lipinski definition) is 1. The molecule has 2 aromatic rings. The van der Waals surface area contributed by atoms with Gasteiger partial charge in [-0.15, -0.1) is 12.4 Å². The van der Waals surface area contributed by atoms with Crippen LogP contribution >= 0.6 is 12.4 Å². The van der Waals surface area contributed by atoms with Crippen molar-refractivity contribution >= 4 is 29.9 Å². The standard InChI is InChI=1S/C23H25N3O2.ClH/c24-12-15-7-8-25(13-15)23(28)18-11-22(27)26(14-18)19-5-6-21-17(10-19)9-16-3-1-2-4-20(16)21;/h1-6,10,15,18H,7-9,11-14,24H2;1H. The molecule has 0 saturated carbocycles. The minimum Gasteiger partial charge on any atom is -0.342 e. The van der Waals surface area contributed by atoms with Gasteiger partial charge in [0, 0.05) is 31.7 Å². The van der Waals surface area contributed by atoms with Crippen molar-refractivity contribution in [2.45, 2.75) is 19.3 Å². The zero-order valence-corrected chi connectivity index (χ0v) is 17.2. The van der Waals surface area contributed by atoms with Gasteiger partial charge in [-0.25, -0.2) is 0 Å². The molecule has 5 nitrogen and oxygen atoms in total. The van der Waals surface area contributed by atoms with Crippen LogP contribution in [0.2, 0.25) is 0 Å². The van der Waals surface area contributed by atoms with Crippen LogP contribution in [0.25, 0.3) is 11.1 Å². The van der Waals surface area contributed by atoms with Crippen LogP contribution in [0.3, 0.4) is 0 Å². The van der Waals surface area contributed by atoms with Crippen molar-refractivity contribution in [1.82, 2.24) is 4.90 Å². The lowest BCUT2D eigenvalue weighted by Gasteiger charge is -2.21. The second-order valence-electron chi connectivity index (χ2n) is 8.26. The van der Waals surface area contributed by atoms with E-state index >= 15 is 0 Å². The monoisotopic (exact) mass is 411 g/mol. The Balaban J connectivity index is 0.00000205. The number of likely N-dealkylation sites (tertiary alicyclic amines) is 1. The number of halogens is 1. The Kier molecular flexibility index (Phi) is 5.36. The molecule has 152 valence electrons. The van der Waals surface area contributed by atoms with E-state index < -0.39 is 0 Å². The maximum atomic E-state index is 12.9. The van der Waals surface area contributed by atoms with E-state index in [9.17, 15) is 9.59 Å². The first-order valence-corrected chi connectivity index (χ1v) is 10.1. The summed E-state index contributed by atoms with van der Waals surface area (Å²) in [5, 5.41) is 0. The molecule has 2 saturated heterocycles. The molecule has 0 bridgehead atoms. The van der Waals surface area contributed by atoms with E-state index in [4.69, 9.17) is 5.73 Å². The van der Waals surface area contributed by atoms with Crippen LogP contribution in [0.5, 0.6) is 0 Å². The van der Waals surface area contributed by atoms with Crippen molar-refractivity contribution in [2.75, 3.05) is 31.1 Å². The van der Waals surface area contributed by atoms with Crippen molar-refractivity contribution in [2.24, 2.45) is 17.6 Å². The van der Waals surface area contributed by atoms with Crippen molar-refractivity contribution in [3.05, 3.63) is 53.6 Å². The number of benzene rings is 2. The van der Waals surface area contributed by atoms with Gasteiger partial charge in [0.05, 0.1) is 5.92 Å². The first-order valence-electron chi connectivity index (χ1n) is 10.1. The highest BCUT2D eigenvalue weighted by Crippen LogP contribution is 2.39. The highest BCUT2D eigenvalue weighted by molar-refractivity contribution is 6.00. The lowest BCUT2D eigenvalue weighted by atomic mass is 10.1. The number of fused-ring (bicyclic) bond motifs is 3. The predicted octanol–water partition coefficient (Wildman–Crippen LogP) is 2.84. The van der Waals surface area contributed by atoms with E-state index in [0.29, 0.717) is 25.4 Å². The van der Waals surface area contributed by atoms with Crippen LogP contribution in [0, 0.1) is 11.8 Å². The molecule has 0 aromatic heterocycles. The summed E-state index contributed by atoms with van der Waals surface area (Å²) in [6.07, 6.45) is 2.18. The summed E-state index contributed by atoms with van der Waals surface area (Å²) < 4.78 is 0. The van der Waals surface area contributed by atoms with Crippen LogP contribution in [0.15, 0.2) is 42.5 Å². The second-order valence-corrected chi connectivity index (χ2v) is 8.26. The molecule has 3 aliphatic rings. The quantitative estimate of drug-likeness (QED) is 0.720. The van der Waals surface area contributed by atoms with Gasteiger partial charge in [-0.3, -0.25) is 9.59 Å². The van der Waals surface area contributed by atoms with Crippen LogP contribution in [0.4, 0.5) is 5.69 Å². The molecule has 2 amide bonds. The van der Waals surface area contributed by atoms with E-state index in [1.807, 2.05) is 11.0 Å². The van der Waals surface area contributed by atoms with Crippen molar-refractivity contribution in [3.8, 4) is 11.1 Å². The van der Waals surface area contributed by atoms with Crippen LogP contribution in [-0.4, -0.2) is 42.9 Å². The van der Waals surface area contributed by atoms with Gasteiger partial charge >= 0.3 is 0 Å². The Labute approximate surface area is 177 Å². The molecule has 2 unspecified atom stereocenters. The fourth-order valence-electron chi connectivity index (χ4n) is 4.91. The van der Waals surface area contributed by atoms with E-state index in [0.717, 1.165) is 31.6 Å². The molecule has 1 aliphatic carbocycles. The number of amides is 2. The molecule has 5 rings (SSSR count). The van der Waals surface area contributed by atoms with Crippen molar-refractivity contribution in [1.29, 1.82) is 0 Å². The van der Waals surface area contributed by atoms with Crippen molar-refractivity contribution < 1.29 is 9.59 Å². The molecular weight excluding hydrogens is 386 g/mol. The lowest BCUT2D eigenvalue weighted by Crippen LogP contribution is -2.36. The molecular formula is C23H26ClN3O2. The number of rotatable bonds is 3. The van der Waals surface area contributed by atoms with Gasteiger partial charge in [0.1, 0.15) is 0 Å². The molecule has 2 aliphatic heterocycles. The molecule has 2 N–H and O–H groups in total. The zero-order valence-electron chi connectivity index (χ0n) is 16.3. The molecule has 0 spiro atoms. The third-order valence-corrected chi connectivity index (χ3v) is 6.49. The Morgan fingerprint density at radius 3 is 2.66 bits per heavy atom. The van der Waals surface area contributed by atoms with E-state index in [2.05, 4.69) is 36.4 Å². The number of nitrogens with zero attached hydrogens (tertiary/aromatic N) is 2. The second kappa shape index (κ2) is 7.81. The van der Waals surface area contributed by atoms with E-state index in [1.54, 1.807) is 4.90 Å². The molecule has 0 radical (unpaired) electrons. The lowest BCUT2D eigenvalue weighted by molar-refractivity contribution is -0.134. The summed E-state index contributed by atoms with van der Waals surface area (Å²) in [5.74, 6) is 0.314. The van der Waals surface area contributed by atoms with Gasteiger partial charge in [-0.2, -0.15) is 0 Å². The predicted molar refractivity (Wildman–Crippen MR) is 116 cm³/mol. The summed E-state index contributed by atoms with van der Waals surface area (Å²) in [6.45, 7) is 2.60. The highest BCUT2D eigenvalue weighted by Gasteiger charge is 2.39. The van der Waals surface area contributed by atoms with Crippen LogP contribution in [-0.2, 0) is 16.0 Å². The first kappa shape index (κ1) is 19.9. The molecule has 2 aromatic carbocycles. The van der Waals surface area contributed by atoms with Crippen LogP contribution < -0.4 is 10.6 Å². The fraction of sp³-hybridized carbons (Fsp3) is 0.391. The number of carbonyl (C=O) groups is 2. The van der Waals surface area contributed by atoms with Crippen molar-refractivity contribution in [3.63, 3.8) is 0 Å². The normalized spacial score (nSPS) is 22.4. The SMILES string of the molecule is Cl.NCC1CCN(C(=O)C2CC(=O)N(c3ccc4c(c3)Cc3ccccc3-4)C2)C1. The molecule has 2 heterocycles. The largest absolute Gasteiger partial charge is 0.342 e. The number of carbonyl (C=O) groups excluding carboxylic acids is 2. The Morgan fingerprint density at radius 1 is 1.07 bits per heavy atom. The maximum Gasteiger partial charge on any atom is 0.228 e. The fourth-order valence-corrected chi connectivity index (χ4v) is 4.91. The van der Waals surface area contributed by atoms with Gasteiger partial charge in [-0.1, -0.05) is 30.3 Å². The van der Waals surface area contributed by atoms with E-state index in [-0.39, 0.29) is 30.1 Å². The zero-order chi connectivity index (χ0) is 19.3. The van der Waals surface area contributed by atoms with Gasteiger partial charge in [0.25, 0.3) is 0 Å².